The van der Waals surface area contributed by atoms with Gasteiger partial charge in [-0.15, -0.1) is 0 Å². The van der Waals surface area contributed by atoms with Gasteiger partial charge in [0.05, 0.1) is 18.2 Å². The van der Waals surface area contributed by atoms with Crippen molar-refractivity contribution < 1.29 is 9.53 Å². The van der Waals surface area contributed by atoms with Crippen molar-refractivity contribution in [3.05, 3.63) is 24.2 Å². The Morgan fingerprint density at radius 3 is 3.27 bits per heavy atom. The van der Waals surface area contributed by atoms with Gasteiger partial charge < -0.3 is 15.0 Å². The predicted molar refractivity (Wildman–Crippen MR) is 83.1 cm³/mol. The van der Waals surface area contributed by atoms with Gasteiger partial charge in [0.1, 0.15) is 5.82 Å². The summed E-state index contributed by atoms with van der Waals surface area (Å²) in [6.07, 6.45) is 5.67. The fraction of sp³-hybridized carbons (Fsp3) is 0.562. The number of aromatic nitrogens is 3. The van der Waals surface area contributed by atoms with E-state index in [0.717, 1.165) is 37.0 Å². The summed E-state index contributed by atoms with van der Waals surface area (Å²) >= 11 is 0. The zero-order valence-corrected chi connectivity index (χ0v) is 12.8. The standard InChI is InChI=1S/C16H22N4O2/c1-2-4-12-9-11(6-8-22-12)16(21)18-10-14-19-13-5-3-7-17-15(13)20-14/h3,5,7,11-12H,2,4,6,8-10H2,1H3,(H,18,21)(H,17,19,20). The van der Waals surface area contributed by atoms with Crippen molar-refractivity contribution in [1.82, 2.24) is 20.3 Å². The van der Waals surface area contributed by atoms with Crippen LogP contribution < -0.4 is 5.32 Å². The molecule has 2 atom stereocenters. The molecule has 2 unspecified atom stereocenters. The van der Waals surface area contributed by atoms with Crippen LogP contribution in [0.4, 0.5) is 0 Å². The first-order valence-electron chi connectivity index (χ1n) is 7.95. The second-order valence-electron chi connectivity index (χ2n) is 5.78. The van der Waals surface area contributed by atoms with E-state index in [4.69, 9.17) is 4.74 Å². The number of rotatable bonds is 5. The lowest BCUT2D eigenvalue weighted by atomic mass is 9.93. The third kappa shape index (κ3) is 3.44. The second-order valence-corrected chi connectivity index (χ2v) is 5.78. The lowest BCUT2D eigenvalue weighted by Gasteiger charge is -2.28. The lowest BCUT2D eigenvalue weighted by Crippen LogP contribution is -2.37. The van der Waals surface area contributed by atoms with Crippen molar-refractivity contribution in [3.63, 3.8) is 0 Å². The number of ether oxygens (including phenoxy) is 1. The molecule has 1 aliphatic heterocycles. The van der Waals surface area contributed by atoms with Crippen molar-refractivity contribution >= 4 is 17.1 Å². The maximum Gasteiger partial charge on any atom is 0.223 e. The molecule has 0 radical (unpaired) electrons. The average Bonchev–Trinajstić information content (AvgIpc) is 2.96. The maximum absolute atomic E-state index is 12.3. The molecule has 0 spiro atoms. The number of nitrogens with one attached hydrogen (secondary N) is 2. The monoisotopic (exact) mass is 302 g/mol. The Morgan fingerprint density at radius 1 is 1.55 bits per heavy atom. The largest absolute Gasteiger partial charge is 0.378 e. The highest BCUT2D eigenvalue weighted by Gasteiger charge is 2.27. The van der Waals surface area contributed by atoms with E-state index in [1.807, 2.05) is 12.1 Å². The molecule has 1 saturated heterocycles. The van der Waals surface area contributed by atoms with Gasteiger partial charge in [-0.2, -0.15) is 0 Å². The summed E-state index contributed by atoms with van der Waals surface area (Å²) in [4.78, 5) is 24.0. The molecule has 1 fully saturated rings. The molecule has 1 amide bonds. The van der Waals surface area contributed by atoms with E-state index in [1.54, 1.807) is 6.20 Å². The molecule has 2 aromatic rings. The number of hydrogen-bond donors (Lipinski definition) is 2. The highest BCUT2D eigenvalue weighted by atomic mass is 16.5. The molecule has 6 heteroatoms. The summed E-state index contributed by atoms with van der Waals surface area (Å²) in [5, 5.41) is 2.98. The number of imidazole rings is 1. The van der Waals surface area contributed by atoms with Gasteiger partial charge in [-0.05, 0) is 31.4 Å². The number of aromatic amines is 1. The normalized spacial score (nSPS) is 21.9. The zero-order valence-electron chi connectivity index (χ0n) is 12.8. The van der Waals surface area contributed by atoms with Crippen LogP contribution in [-0.2, 0) is 16.1 Å². The van der Waals surface area contributed by atoms with Gasteiger partial charge in [-0.25, -0.2) is 9.97 Å². The number of hydrogen-bond acceptors (Lipinski definition) is 4. The van der Waals surface area contributed by atoms with E-state index in [1.165, 1.54) is 0 Å². The molecule has 3 rings (SSSR count). The number of pyridine rings is 1. The molecule has 118 valence electrons. The zero-order chi connectivity index (χ0) is 15.4. The molecule has 6 nitrogen and oxygen atoms in total. The first-order valence-corrected chi connectivity index (χ1v) is 7.95. The van der Waals surface area contributed by atoms with Gasteiger partial charge in [-0.3, -0.25) is 4.79 Å². The number of amides is 1. The number of carbonyl (C=O) groups excluding carboxylic acids is 1. The molecule has 0 aromatic carbocycles. The highest BCUT2D eigenvalue weighted by Crippen LogP contribution is 2.23. The molecule has 0 saturated carbocycles. The minimum atomic E-state index is 0.0489. The summed E-state index contributed by atoms with van der Waals surface area (Å²) in [5.74, 6) is 0.879. The molecule has 0 bridgehead atoms. The Balaban J connectivity index is 1.55. The Hall–Kier alpha value is -1.95. The molecular formula is C16H22N4O2. The van der Waals surface area contributed by atoms with E-state index in [9.17, 15) is 4.79 Å². The van der Waals surface area contributed by atoms with Crippen molar-refractivity contribution in [2.45, 2.75) is 45.3 Å². The first-order chi connectivity index (χ1) is 10.8. The molecule has 2 N–H and O–H groups in total. The summed E-state index contributed by atoms with van der Waals surface area (Å²) in [6, 6.07) is 3.78. The van der Waals surface area contributed by atoms with Crippen molar-refractivity contribution in [2.75, 3.05) is 6.61 Å². The van der Waals surface area contributed by atoms with Gasteiger partial charge in [-0.1, -0.05) is 13.3 Å². The number of carbonyl (C=O) groups is 1. The van der Waals surface area contributed by atoms with Crippen LogP contribution in [0.2, 0.25) is 0 Å². The third-order valence-corrected chi connectivity index (χ3v) is 4.09. The van der Waals surface area contributed by atoms with Gasteiger partial charge >= 0.3 is 0 Å². The fourth-order valence-electron chi connectivity index (χ4n) is 2.94. The van der Waals surface area contributed by atoms with Gasteiger partial charge in [0, 0.05) is 18.7 Å². The van der Waals surface area contributed by atoms with E-state index < -0.39 is 0 Å². The maximum atomic E-state index is 12.3. The molecular weight excluding hydrogens is 280 g/mol. The first kappa shape index (κ1) is 15.0. The summed E-state index contributed by atoms with van der Waals surface area (Å²) in [7, 11) is 0. The van der Waals surface area contributed by atoms with Gasteiger partial charge in [0.2, 0.25) is 5.91 Å². The number of fused-ring (bicyclic) bond motifs is 1. The van der Waals surface area contributed by atoms with Crippen molar-refractivity contribution in [1.29, 1.82) is 0 Å². The number of H-pyrrole nitrogens is 1. The predicted octanol–water partition coefficient (Wildman–Crippen LogP) is 2.17. The fourth-order valence-corrected chi connectivity index (χ4v) is 2.94. The Kier molecular flexibility index (Phi) is 4.68. The van der Waals surface area contributed by atoms with Crippen LogP contribution in [0, 0.1) is 5.92 Å². The molecule has 22 heavy (non-hydrogen) atoms. The Bertz CT molecular complexity index is 605. The Labute approximate surface area is 129 Å². The van der Waals surface area contributed by atoms with Gasteiger partial charge in [0.25, 0.3) is 0 Å². The van der Waals surface area contributed by atoms with Crippen LogP contribution in [0.3, 0.4) is 0 Å². The number of nitrogens with zero attached hydrogens (tertiary/aromatic N) is 2. The lowest BCUT2D eigenvalue weighted by molar-refractivity contribution is -0.130. The summed E-state index contributed by atoms with van der Waals surface area (Å²) in [5.41, 5.74) is 1.57. The SMILES string of the molecule is CCCC1CC(C(=O)NCc2nc3ncccc3[nH]2)CCO1. The van der Waals surface area contributed by atoms with E-state index in [-0.39, 0.29) is 17.9 Å². The van der Waals surface area contributed by atoms with Crippen LogP contribution in [0.5, 0.6) is 0 Å². The van der Waals surface area contributed by atoms with Crippen molar-refractivity contribution in [2.24, 2.45) is 5.92 Å². The summed E-state index contributed by atoms with van der Waals surface area (Å²) in [6.45, 7) is 3.23. The van der Waals surface area contributed by atoms with Crippen molar-refractivity contribution in [3.8, 4) is 0 Å². The molecule has 3 heterocycles. The quantitative estimate of drug-likeness (QED) is 0.887. The average molecular weight is 302 g/mol. The minimum Gasteiger partial charge on any atom is -0.378 e. The topological polar surface area (TPSA) is 79.9 Å². The van der Waals surface area contributed by atoms with Crippen LogP contribution in [0.1, 0.15) is 38.4 Å². The van der Waals surface area contributed by atoms with E-state index >= 15 is 0 Å². The second kappa shape index (κ2) is 6.87. The van der Waals surface area contributed by atoms with E-state index in [2.05, 4.69) is 27.2 Å². The molecule has 1 aliphatic rings. The molecule has 2 aromatic heterocycles. The van der Waals surface area contributed by atoms with Crippen LogP contribution >= 0.6 is 0 Å². The van der Waals surface area contributed by atoms with Crippen LogP contribution in [-0.4, -0.2) is 33.6 Å². The Morgan fingerprint density at radius 2 is 2.45 bits per heavy atom. The smallest absolute Gasteiger partial charge is 0.223 e. The van der Waals surface area contributed by atoms with Gasteiger partial charge in [0.15, 0.2) is 5.65 Å². The van der Waals surface area contributed by atoms with Crippen LogP contribution in [0.25, 0.3) is 11.2 Å². The highest BCUT2D eigenvalue weighted by molar-refractivity contribution is 5.78. The van der Waals surface area contributed by atoms with Crippen LogP contribution in [0.15, 0.2) is 18.3 Å². The molecule has 0 aliphatic carbocycles. The minimum absolute atomic E-state index is 0.0489. The van der Waals surface area contributed by atoms with E-state index in [0.29, 0.717) is 18.8 Å². The third-order valence-electron chi connectivity index (χ3n) is 4.09. The summed E-state index contributed by atoms with van der Waals surface area (Å²) < 4.78 is 5.69.